The second-order valence-corrected chi connectivity index (χ2v) is 9.05. The van der Waals surface area contributed by atoms with Crippen LogP contribution in [0.1, 0.15) is 44.1 Å². The van der Waals surface area contributed by atoms with Gasteiger partial charge in [0.15, 0.2) is 0 Å². The number of benzene rings is 1. The van der Waals surface area contributed by atoms with E-state index in [1.165, 1.54) is 0 Å². The second-order valence-electron chi connectivity index (χ2n) is 8.64. The number of hydrogen-bond acceptors (Lipinski definition) is 6. The number of nitrogens with zero attached hydrogens (tertiary/aromatic N) is 1. The second kappa shape index (κ2) is 12.4. The van der Waals surface area contributed by atoms with Crippen molar-refractivity contribution in [1.29, 1.82) is 0 Å². The average molecular weight is 469 g/mol. The molecule has 1 saturated heterocycles. The van der Waals surface area contributed by atoms with Gasteiger partial charge in [-0.3, -0.25) is 4.79 Å². The molecule has 0 saturated carbocycles. The summed E-state index contributed by atoms with van der Waals surface area (Å²) in [5, 5.41) is 33.8. The number of amides is 2. The molecule has 32 heavy (non-hydrogen) atoms. The summed E-state index contributed by atoms with van der Waals surface area (Å²) in [4.78, 5) is 26.1. The van der Waals surface area contributed by atoms with Gasteiger partial charge in [0.1, 0.15) is 5.54 Å². The van der Waals surface area contributed by atoms with Gasteiger partial charge in [-0.05, 0) is 69.2 Å². The van der Waals surface area contributed by atoms with E-state index in [0.717, 1.165) is 18.5 Å². The topological polar surface area (TPSA) is 148 Å². The molecule has 1 aromatic carbocycles. The van der Waals surface area contributed by atoms with Crippen LogP contribution >= 0.6 is 11.6 Å². The maximum atomic E-state index is 12.3. The first-order valence-corrected chi connectivity index (χ1v) is 11.4. The molecule has 2 unspecified atom stereocenters. The number of carboxylic acids is 1. The predicted octanol–water partition coefficient (Wildman–Crippen LogP) is 2.05. The quantitative estimate of drug-likeness (QED) is 0.203. The number of rotatable bonds is 12. The van der Waals surface area contributed by atoms with Crippen LogP contribution in [0.2, 0.25) is 11.3 Å². The van der Waals surface area contributed by atoms with Crippen molar-refractivity contribution in [3.05, 3.63) is 28.8 Å². The first-order valence-electron chi connectivity index (χ1n) is 11.0. The summed E-state index contributed by atoms with van der Waals surface area (Å²) in [6, 6.07) is 5.07. The zero-order valence-corrected chi connectivity index (χ0v) is 19.3. The molecular formula is C21H34BClN4O5. The Kier molecular flexibility index (Phi) is 10.2. The van der Waals surface area contributed by atoms with E-state index in [4.69, 9.17) is 27.4 Å². The molecule has 0 spiro atoms. The van der Waals surface area contributed by atoms with Gasteiger partial charge in [-0.25, -0.2) is 4.79 Å². The van der Waals surface area contributed by atoms with E-state index in [0.29, 0.717) is 55.9 Å². The highest BCUT2D eigenvalue weighted by molar-refractivity contribution is 6.40. The van der Waals surface area contributed by atoms with Crippen molar-refractivity contribution in [1.82, 2.24) is 10.2 Å². The fourth-order valence-corrected chi connectivity index (χ4v) is 4.07. The number of carboxylic acid groups (broad SMARTS) is 1. The molecule has 2 rings (SSSR count). The summed E-state index contributed by atoms with van der Waals surface area (Å²) in [5.41, 5.74) is 6.37. The van der Waals surface area contributed by atoms with Crippen LogP contribution in [0.4, 0.5) is 10.5 Å². The number of aryl methyl sites for hydroxylation is 1. The molecule has 1 heterocycles. The lowest BCUT2D eigenvalue weighted by molar-refractivity contribution is -0.144. The van der Waals surface area contributed by atoms with Gasteiger partial charge in [0.25, 0.3) is 0 Å². The SMILES string of the molecule is Cc1cc(NC(=O)NC2CCN(CCCC(N)(CCCCB(O)O)C(=O)O)C2)ccc1Cl. The molecule has 11 heteroatoms. The predicted molar refractivity (Wildman–Crippen MR) is 126 cm³/mol. The lowest BCUT2D eigenvalue weighted by Crippen LogP contribution is -2.48. The Balaban J connectivity index is 1.71. The minimum absolute atomic E-state index is 0.0235. The summed E-state index contributed by atoms with van der Waals surface area (Å²) in [6.07, 6.45) is 3.35. The van der Waals surface area contributed by atoms with Crippen LogP contribution in [0.25, 0.3) is 0 Å². The van der Waals surface area contributed by atoms with Gasteiger partial charge < -0.3 is 36.4 Å². The van der Waals surface area contributed by atoms with Crippen LogP contribution in [0.3, 0.4) is 0 Å². The normalized spacial score (nSPS) is 18.2. The molecule has 0 bridgehead atoms. The number of unbranched alkanes of at least 4 members (excludes halogenated alkanes) is 1. The van der Waals surface area contributed by atoms with Gasteiger partial charge in [-0.2, -0.15) is 0 Å². The number of anilines is 1. The third kappa shape index (κ3) is 8.59. The molecule has 2 atom stereocenters. The van der Waals surface area contributed by atoms with E-state index in [9.17, 15) is 14.7 Å². The summed E-state index contributed by atoms with van der Waals surface area (Å²) in [5.74, 6) is -1.03. The molecular weight excluding hydrogens is 435 g/mol. The third-order valence-corrected chi connectivity index (χ3v) is 6.31. The summed E-state index contributed by atoms with van der Waals surface area (Å²) < 4.78 is 0. The lowest BCUT2D eigenvalue weighted by Gasteiger charge is -2.26. The maximum Gasteiger partial charge on any atom is 0.451 e. The van der Waals surface area contributed by atoms with E-state index in [1.807, 2.05) is 13.0 Å². The Morgan fingerprint density at radius 1 is 1.28 bits per heavy atom. The zero-order valence-electron chi connectivity index (χ0n) is 18.5. The Labute approximate surface area is 194 Å². The standard InChI is InChI=1S/C21H34BClN4O5/c1-15-13-16(5-6-18(15)23)25-20(30)26-17-7-12-27(14-17)11-4-9-21(24,19(28)29)8-2-3-10-22(31)32/h5-6,13,17,31-32H,2-4,7-12,14,24H2,1H3,(H,28,29)(H2,25,26,30). The fraction of sp³-hybridized carbons (Fsp3) is 0.619. The highest BCUT2D eigenvalue weighted by Gasteiger charge is 2.33. The van der Waals surface area contributed by atoms with E-state index in [-0.39, 0.29) is 18.4 Å². The van der Waals surface area contributed by atoms with Crippen molar-refractivity contribution in [3.63, 3.8) is 0 Å². The van der Waals surface area contributed by atoms with Gasteiger partial charge in [0, 0.05) is 29.8 Å². The van der Waals surface area contributed by atoms with Crippen molar-refractivity contribution in [2.45, 2.75) is 63.3 Å². The van der Waals surface area contributed by atoms with Gasteiger partial charge in [-0.1, -0.05) is 24.4 Å². The molecule has 0 radical (unpaired) electrons. The van der Waals surface area contributed by atoms with Crippen LogP contribution in [-0.2, 0) is 4.79 Å². The third-order valence-electron chi connectivity index (χ3n) is 5.88. The Morgan fingerprint density at radius 3 is 2.66 bits per heavy atom. The van der Waals surface area contributed by atoms with Crippen LogP contribution in [0.5, 0.6) is 0 Å². The number of likely N-dealkylation sites (tertiary alicyclic amines) is 1. The number of hydrogen-bond donors (Lipinski definition) is 6. The smallest absolute Gasteiger partial charge is 0.451 e. The number of nitrogens with two attached hydrogens (primary N) is 1. The molecule has 0 aliphatic carbocycles. The van der Waals surface area contributed by atoms with Crippen molar-refractivity contribution < 1.29 is 24.7 Å². The Hall–Kier alpha value is -1.85. The Morgan fingerprint density at radius 2 is 2.00 bits per heavy atom. The number of halogens is 1. The molecule has 9 nitrogen and oxygen atoms in total. The van der Waals surface area contributed by atoms with Crippen molar-refractivity contribution in [2.75, 3.05) is 25.0 Å². The highest BCUT2D eigenvalue weighted by atomic mass is 35.5. The van der Waals surface area contributed by atoms with Crippen LogP contribution in [-0.4, -0.2) is 70.4 Å². The number of carbonyl (C=O) groups is 2. The van der Waals surface area contributed by atoms with Gasteiger partial charge in [0.2, 0.25) is 0 Å². The molecule has 178 valence electrons. The fourth-order valence-electron chi connectivity index (χ4n) is 3.95. The first-order chi connectivity index (χ1) is 15.1. The molecule has 1 aliphatic heterocycles. The maximum absolute atomic E-state index is 12.3. The summed E-state index contributed by atoms with van der Waals surface area (Å²) >= 11 is 6.01. The van der Waals surface area contributed by atoms with Crippen LogP contribution in [0.15, 0.2) is 18.2 Å². The number of urea groups is 1. The van der Waals surface area contributed by atoms with Crippen molar-refractivity contribution in [2.24, 2.45) is 5.73 Å². The molecule has 1 fully saturated rings. The van der Waals surface area contributed by atoms with E-state index < -0.39 is 18.6 Å². The van der Waals surface area contributed by atoms with E-state index in [2.05, 4.69) is 15.5 Å². The molecule has 2 amide bonds. The summed E-state index contributed by atoms with van der Waals surface area (Å²) in [7, 11) is -1.37. The minimum Gasteiger partial charge on any atom is -0.480 e. The van der Waals surface area contributed by atoms with E-state index in [1.54, 1.807) is 12.1 Å². The molecule has 1 aliphatic rings. The van der Waals surface area contributed by atoms with Gasteiger partial charge in [-0.15, -0.1) is 0 Å². The van der Waals surface area contributed by atoms with Crippen molar-refractivity contribution >= 4 is 36.4 Å². The highest BCUT2D eigenvalue weighted by Crippen LogP contribution is 2.21. The van der Waals surface area contributed by atoms with Crippen molar-refractivity contribution in [3.8, 4) is 0 Å². The van der Waals surface area contributed by atoms with Crippen LogP contribution in [0, 0.1) is 6.92 Å². The van der Waals surface area contributed by atoms with Crippen LogP contribution < -0.4 is 16.4 Å². The first kappa shape index (κ1) is 26.4. The molecule has 1 aromatic rings. The monoisotopic (exact) mass is 468 g/mol. The number of aliphatic carboxylic acids is 1. The number of nitrogens with one attached hydrogen (secondary N) is 2. The minimum atomic E-state index is -1.37. The molecule has 7 N–H and O–H groups in total. The largest absolute Gasteiger partial charge is 0.480 e. The average Bonchev–Trinajstić information content (AvgIpc) is 3.15. The van der Waals surface area contributed by atoms with E-state index >= 15 is 0 Å². The lowest BCUT2D eigenvalue weighted by atomic mass is 9.81. The molecule has 0 aromatic heterocycles. The van der Waals surface area contributed by atoms with Gasteiger partial charge in [0.05, 0.1) is 0 Å². The van der Waals surface area contributed by atoms with Gasteiger partial charge >= 0.3 is 19.1 Å². The number of carbonyl (C=O) groups excluding carboxylic acids is 1. The summed E-state index contributed by atoms with van der Waals surface area (Å²) in [6.45, 7) is 4.11. The zero-order chi connectivity index (χ0) is 23.7. The Bertz CT molecular complexity index is 785.